The molecule has 3 rings (SSSR count). The van der Waals surface area contributed by atoms with E-state index in [9.17, 15) is 9.59 Å². The largest absolute Gasteiger partial charge is 0.495 e. The molecule has 0 spiro atoms. The first-order valence-corrected chi connectivity index (χ1v) is 7.55. The molecule has 0 saturated heterocycles. The lowest BCUT2D eigenvalue weighted by molar-refractivity contribution is 0.155. The van der Waals surface area contributed by atoms with Gasteiger partial charge in [-0.05, 0) is 17.7 Å². The predicted octanol–water partition coefficient (Wildman–Crippen LogP) is 2.87. The fraction of sp³-hybridized carbons (Fsp3) is 0.111. The van der Waals surface area contributed by atoms with Gasteiger partial charge in [0.1, 0.15) is 12.4 Å². The van der Waals surface area contributed by atoms with Gasteiger partial charge in [0, 0.05) is 6.20 Å². The first-order valence-electron chi connectivity index (χ1n) is 7.55. The van der Waals surface area contributed by atoms with Crippen LogP contribution in [0.2, 0.25) is 0 Å². The molecule has 0 bridgehead atoms. The number of anilines is 2. The first kappa shape index (κ1) is 16.4. The van der Waals surface area contributed by atoms with Crippen LogP contribution in [0, 0.1) is 0 Å². The van der Waals surface area contributed by atoms with Crippen LogP contribution < -0.4 is 21.2 Å². The zero-order chi connectivity index (χ0) is 17.8. The number of rotatable bonds is 4. The number of amides is 1. The van der Waals surface area contributed by atoms with E-state index >= 15 is 0 Å². The number of pyridine rings is 1. The summed E-state index contributed by atoms with van der Waals surface area (Å²) in [5, 5.41) is 2.99. The quantitative estimate of drug-likeness (QED) is 0.677. The molecule has 128 valence electrons. The van der Waals surface area contributed by atoms with Gasteiger partial charge in [0.2, 0.25) is 5.43 Å². The summed E-state index contributed by atoms with van der Waals surface area (Å²) < 4.78 is 10.4. The third kappa shape index (κ3) is 3.55. The third-order valence-corrected chi connectivity index (χ3v) is 3.68. The van der Waals surface area contributed by atoms with Gasteiger partial charge in [-0.2, -0.15) is 0 Å². The molecule has 1 amide bonds. The van der Waals surface area contributed by atoms with E-state index in [-0.39, 0.29) is 17.7 Å². The van der Waals surface area contributed by atoms with Crippen molar-refractivity contribution in [3.63, 3.8) is 0 Å². The average molecular weight is 339 g/mol. The molecular formula is C18H17N3O4. The summed E-state index contributed by atoms with van der Waals surface area (Å²) in [6, 6.07) is 12.5. The standard InChI is InChI=1S/C18H17N3O4/c1-24-16-7-12-14(20-9-13(19)17(12)22)8-15(16)21-18(23)25-10-11-5-3-2-4-6-11/h2-9H,10,19H2,1H3,(H,20,22)(H,21,23). The number of methoxy groups -OCH3 is 1. The van der Waals surface area contributed by atoms with E-state index in [1.165, 1.54) is 19.4 Å². The number of aromatic nitrogens is 1. The minimum Gasteiger partial charge on any atom is -0.495 e. The normalized spacial score (nSPS) is 10.4. The van der Waals surface area contributed by atoms with E-state index in [1.807, 2.05) is 30.3 Å². The lowest BCUT2D eigenvalue weighted by Gasteiger charge is -2.12. The summed E-state index contributed by atoms with van der Waals surface area (Å²) in [6.45, 7) is 0.149. The number of nitrogen functional groups attached to an aromatic ring is 1. The van der Waals surface area contributed by atoms with Gasteiger partial charge in [0.15, 0.2) is 0 Å². The summed E-state index contributed by atoms with van der Waals surface area (Å²) in [4.78, 5) is 27.0. The summed E-state index contributed by atoms with van der Waals surface area (Å²) >= 11 is 0. The Morgan fingerprint density at radius 2 is 2.00 bits per heavy atom. The van der Waals surface area contributed by atoms with Crippen LogP contribution in [-0.2, 0) is 11.3 Å². The van der Waals surface area contributed by atoms with Crippen LogP contribution in [0.3, 0.4) is 0 Å². The van der Waals surface area contributed by atoms with Crippen LogP contribution in [0.5, 0.6) is 5.75 Å². The number of benzene rings is 2. The van der Waals surface area contributed by atoms with E-state index in [1.54, 1.807) is 6.07 Å². The van der Waals surface area contributed by atoms with Crippen molar-refractivity contribution in [2.75, 3.05) is 18.2 Å². The lowest BCUT2D eigenvalue weighted by atomic mass is 10.1. The van der Waals surface area contributed by atoms with Gasteiger partial charge in [-0.1, -0.05) is 30.3 Å². The van der Waals surface area contributed by atoms with Gasteiger partial charge in [-0.15, -0.1) is 0 Å². The van der Waals surface area contributed by atoms with Crippen LogP contribution >= 0.6 is 0 Å². The maximum Gasteiger partial charge on any atom is 0.412 e. The minimum absolute atomic E-state index is 0.109. The Labute approximate surface area is 143 Å². The Bertz CT molecular complexity index is 967. The molecule has 0 atom stereocenters. The topological polar surface area (TPSA) is 106 Å². The molecular weight excluding hydrogens is 322 g/mol. The zero-order valence-electron chi connectivity index (χ0n) is 13.5. The summed E-state index contributed by atoms with van der Waals surface area (Å²) in [5.41, 5.74) is 7.21. The summed E-state index contributed by atoms with van der Waals surface area (Å²) in [5.74, 6) is 0.334. The number of fused-ring (bicyclic) bond motifs is 1. The highest BCUT2D eigenvalue weighted by Crippen LogP contribution is 2.28. The molecule has 0 aliphatic carbocycles. The second-order valence-electron chi connectivity index (χ2n) is 5.36. The Morgan fingerprint density at radius 3 is 2.72 bits per heavy atom. The highest BCUT2D eigenvalue weighted by molar-refractivity contribution is 5.93. The van der Waals surface area contributed by atoms with E-state index in [0.717, 1.165) is 5.56 Å². The number of ether oxygens (including phenoxy) is 2. The van der Waals surface area contributed by atoms with Crippen molar-refractivity contribution in [1.29, 1.82) is 0 Å². The second-order valence-corrected chi connectivity index (χ2v) is 5.36. The molecule has 7 heteroatoms. The first-order chi connectivity index (χ1) is 12.1. The van der Waals surface area contributed by atoms with Crippen molar-refractivity contribution >= 4 is 28.4 Å². The van der Waals surface area contributed by atoms with Gasteiger partial charge < -0.3 is 20.2 Å². The Balaban J connectivity index is 1.81. The molecule has 3 aromatic rings. The van der Waals surface area contributed by atoms with Crippen molar-refractivity contribution in [3.8, 4) is 5.75 Å². The van der Waals surface area contributed by atoms with Crippen molar-refractivity contribution in [2.24, 2.45) is 0 Å². The Kier molecular flexibility index (Phi) is 4.56. The van der Waals surface area contributed by atoms with Gasteiger partial charge >= 0.3 is 6.09 Å². The molecule has 0 aliphatic heterocycles. The maximum atomic E-state index is 12.1. The van der Waals surface area contributed by atoms with Crippen LogP contribution in [-0.4, -0.2) is 18.2 Å². The van der Waals surface area contributed by atoms with Crippen LogP contribution in [0.15, 0.2) is 53.5 Å². The monoisotopic (exact) mass is 339 g/mol. The third-order valence-electron chi connectivity index (χ3n) is 3.68. The summed E-state index contributed by atoms with van der Waals surface area (Å²) in [7, 11) is 1.45. The highest BCUT2D eigenvalue weighted by Gasteiger charge is 2.13. The molecule has 0 radical (unpaired) electrons. The molecule has 0 saturated carbocycles. The van der Waals surface area contributed by atoms with E-state index < -0.39 is 6.09 Å². The Hall–Kier alpha value is -3.48. The number of H-pyrrole nitrogens is 1. The number of carbonyl (C=O) groups is 1. The fourth-order valence-electron chi connectivity index (χ4n) is 2.40. The van der Waals surface area contributed by atoms with Crippen molar-refractivity contribution in [1.82, 2.24) is 4.98 Å². The molecule has 2 aromatic carbocycles. The van der Waals surface area contributed by atoms with Crippen LogP contribution in [0.1, 0.15) is 5.56 Å². The number of nitrogens with one attached hydrogen (secondary N) is 2. The smallest absolute Gasteiger partial charge is 0.412 e. The fourth-order valence-corrected chi connectivity index (χ4v) is 2.40. The molecule has 25 heavy (non-hydrogen) atoms. The van der Waals surface area contributed by atoms with Crippen molar-refractivity contribution < 1.29 is 14.3 Å². The van der Waals surface area contributed by atoms with Gasteiger partial charge in [0.25, 0.3) is 0 Å². The Morgan fingerprint density at radius 1 is 1.24 bits per heavy atom. The number of nitrogens with two attached hydrogens (primary N) is 1. The molecule has 4 N–H and O–H groups in total. The SMILES string of the molecule is COc1cc2c(=O)c(N)c[nH]c2cc1NC(=O)OCc1ccccc1. The summed E-state index contributed by atoms with van der Waals surface area (Å²) in [6.07, 6.45) is 0.786. The van der Waals surface area contributed by atoms with Gasteiger partial charge in [-0.25, -0.2) is 4.79 Å². The van der Waals surface area contributed by atoms with Crippen LogP contribution in [0.25, 0.3) is 10.9 Å². The van der Waals surface area contributed by atoms with Gasteiger partial charge in [0.05, 0.1) is 29.4 Å². The van der Waals surface area contributed by atoms with Crippen molar-refractivity contribution in [3.05, 3.63) is 64.4 Å². The lowest BCUT2D eigenvalue weighted by Crippen LogP contribution is -2.15. The zero-order valence-corrected chi connectivity index (χ0v) is 13.5. The molecule has 1 heterocycles. The molecule has 7 nitrogen and oxygen atoms in total. The minimum atomic E-state index is -0.626. The molecule has 0 fully saturated rings. The number of carbonyl (C=O) groups excluding carboxylic acids is 1. The molecule has 1 aromatic heterocycles. The van der Waals surface area contributed by atoms with Crippen LogP contribution in [0.4, 0.5) is 16.2 Å². The van der Waals surface area contributed by atoms with E-state index in [0.29, 0.717) is 22.3 Å². The average Bonchev–Trinajstić information content (AvgIpc) is 2.64. The van der Waals surface area contributed by atoms with Crippen molar-refractivity contribution in [2.45, 2.75) is 6.61 Å². The number of aromatic amines is 1. The van der Waals surface area contributed by atoms with E-state index in [4.69, 9.17) is 15.2 Å². The van der Waals surface area contributed by atoms with Gasteiger partial charge in [-0.3, -0.25) is 10.1 Å². The second kappa shape index (κ2) is 6.96. The maximum absolute atomic E-state index is 12.1. The van der Waals surface area contributed by atoms with E-state index in [2.05, 4.69) is 10.3 Å². The molecule has 0 aliphatic rings. The number of hydrogen-bond acceptors (Lipinski definition) is 5. The molecule has 0 unspecified atom stereocenters. The number of hydrogen-bond donors (Lipinski definition) is 3. The highest BCUT2D eigenvalue weighted by atomic mass is 16.5. The predicted molar refractivity (Wildman–Crippen MR) is 95.8 cm³/mol.